The van der Waals surface area contributed by atoms with Crippen molar-refractivity contribution >= 4 is 5.69 Å². The fourth-order valence-corrected chi connectivity index (χ4v) is 1.38. The van der Waals surface area contributed by atoms with Crippen molar-refractivity contribution in [1.82, 2.24) is 4.98 Å². The van der Waals surface area contributed by atoms with Gasteiger partial charge in [0, 0.05) is 17.8 Å². The topological polar surface area (TPSA) is 48.1 Å². The maximum atomic E-state index is 13.2. The number of pyridine rings is 1. The van der Waals surface area contributed by atoms with Crippen LogP contribution in [0.1, 0.15) is 0 Å². The third-order valence-corrected chi connectivity index (χ3v) is 2.28. The molecule has 0 aliphatic rings. The molecule has 1 aromatic carbocycles. The molecule has 1 aromatic heterocycles. The van der Waals surface area contributed by atoms with Crippen molar-refractivity contribution in [3.8, 4) is 17.0 Å². The highest BCUT2D eigenvalue weighted by Crippen LogP contribution is 2.23. The maximum absolute atomic E-state index is 13.2. The summed E-state index contributed by atoms with van der Waals surface area (Å²) in [6, 6.07) is 8.22. The lowest BCUT2D eigenvalue weighted by Crippen LogP contribution is -1.91. The summed E-state index contributed by atoms with van der Waals surface area (Å²) in [6.07, 6.45) is 1.63. The zero-order valence-electron chi connectivity index (χ0n) is 8.77. The van der Waals surface area contributed by atoms with Crippen molar-refractivity contribution in [3.63, 3.8) is 0 Å². The molecule has 82 valence electrons. The third-order valence-electron chi connectivity index (χ3n) is 2.28. The predicted molar refractivity (Wildman–Crippen MR) is 60.6 cm³/mol. The van der Waals surface area contributed by atoms with Gasteiger partial charge in [-0.15, -0.1) is 0 Å². The number of benzene rings is 1. The average molecular weight is 218 g/mol. The first-order chi connectivity index (χ1) is 7.70. The second kappa shape index (κ2) is 4.18. The van der Waals surface area contributed by atoms with E-state index in [2.05, 4.69) is 4.98 Å². The number of aromatic nitrogens is 1. The number of anilines is 1. The highest BCUT2D eigenvalue weighted by atomic mass is 19.1. The summed E-state index contributed by atoms with van der Waals surface area (Å²) in [6.45, 7) is 0. The van der Waals surface area contributed by atoms with Crippen LogP contribution in [0.25, 0.3) is 11.1 Å². The quantitative estimate of drug-likeness (QED) is 0.788. The van der Waals surface area contributed by atoms with Crippen LogP contribution >= 0.6 is 0 Å². The van der Waals surface area contributed by atoms with Gasteiger partial charge in [0.1, 0.15) is 5.82 Å². The molecule has 3 nitrogen and oxygen atoms in total. The molecule has 0 fully saturated rings. The van der Waals surface area contributed by atoms with E-state index in [1.807, 2.05) is 6.07 Å². The number of rotatable bonds is 2. The Kier molecular flexibility index (Phi) is 2.72. The van der Waals surface area contributed by atoms with Crippen LogP contribution in [0.2, 0.25) is 0 Å². The van der Waals surface area contributed by atoms with Crippen molar-refractivity contribution in [3.05, 3.63) is 42.3 Å². The molecule has 0 amide bonds. The minimum atomic E-state index is -0.423. The van der Waals surface area contributed by atoms with E-state index in [9.17, 15) is 4.39 Å². The second-order valence-electron chi connectivity index (χ2n) is 3.33. The standard InChI is InChI=1S/C12H11FN2O/c1-16-12-5-3-9(7-15-12)8-2-4-11(14)10(13)6-8/h2-7H,14H2,1H3. The molecule has 4 heteroatoms. The molecule has 0 unspecified atom stereocenters. The van der Waals surface area contributed by atoms with E-state index in [1.54, 1.807) is 25.4 Å². The van der Waals surface area contributed by atoms with Crippen LogP contribution < -0.4 is 10.5 Å². The number of nitrogen functional groups attached to an aromatic ring is 1. The van der Waals surface area contributed by atoms with Crippen molar-refractivity contribution in [2.75, 3.05) is 12.8 Å². The molecular weight excluding hydrogens is 207 g/mol. The molecule has 0 saturated carbocycles. The number of halogens is 1. The van der Waals surface area contributed by atoms with Crippen molar-refractivity contribution in [2.24, 2.45) is 0 Å². The minimum absolute atomic E-state index is 0.144. The molecule has 1 heterocycles. The second-order valence-corrected chi connectivity index (χ2v) is 3.33. The summed E-state index contributed by atoms with van der Waals surface area (Å²) >= 11 is 0. The van der Waals surface area contributed by atoms with Gasteiger partial charge in [-0.3, -0.25) is 0 Å². The Bertz CT molecular complexity index is 497. The molecule has 0 spiro atoms. The third kappa shape index (κ3) is 1.95. The first-order valence-corrected chi connectivity index (χ1v) is 4.76. The van der Waals surface area contributed by atoms with Crippen molar-refractivity contribution in [1.29, 1.82) is 0 Å². The Morgan fingerprint density at radius 2 is 1.94 bits per heavy atom. The average Bonchev–Trinajstić information content (AvgIpc) is 2.33. The summed E-state index contributed by atoms with van der Waals surface area (Å²) in [5, 5.41) is 0. The van der Waals surface area contributed by atoms with Crippen LogP contribution in [-0.2, 0) is 0 Å². The Morgan fingerprint density at radius 1 is 1.19 bits per heavy atom. The number of hydrogen-bond donors (Lipinski definition) is 1. The van der Waals surface area contributed by atoms with Gasteiger partial charge in [-0.05, 0) is 23.8 Å². The van der Waals surface area contributed by atoms with E-state index >= 15 is 0 Å². The molecule has 0 radical (unpaired) electrons. The smallest absolute Gasteiger partial charge is 0.212 e. The highest BCUT2D eigenvalue weighted by molar-refractivity contribution is 5.65. The molecule has 0 atom stereocenters. The van der Waals surface area contributed by atoms with Gasteiger partial charge < -0.3 is 10.5 Å². The van der Waals surface area contributed by atoms with E-state index < -0.39 is 5.82 Å². The summed E-state index contributed by atoms with van der Waals surface area (Å²) in [5.74, 6) is 0.105. The largest absolute Gasteiger partial charge is 0.481 e. The first-order valence-electron chi connectivity index (χ1n) is 4.76. The van der Waals surface area contributed by atoms with Crippen LogP contribution in [0.5, 0.6) is 5.88 Å². The molecule has 2 rings (SSSR count). The lowest BCUT2D eigenvalue weighted by molar-refractivity contribution is 0.398. The van der Waals surface area contributed by atoms with Crippen molar-refractivity contribution in [2.45, 2.75) is 0 Å². The SMILES string of the molecule is COc1ccc(-c2ccc(N)c(F)c2)cn1. The summed E-state index contributed by atoms with van der Waals surface area (Å²) in [5.41, 5.74) is 7.10. The molecule has 0 saturated heterocycles. The molecular formula is C12H11FN2O. The van der Waals surface area contributed by atoms with Gasteiger partial charge in [0.15, 0.2) is 0 Å². The van der Waals surface area contributed by atoms with Crippen LogP contribution in [0.15, 0.2) is 36.5 Å². The predicted octanol–water partition coefficient (Wildman–Crippen LogP) is 2.48. The van der Waals surface area contributed by atoms with Gasteiger partial charge in [-0.25, -0.2) is 9.37 Å². The summed E-state index contributed by atoms with van der Waals surface area (Å²) < 4.78 is 18.2. The summed E-state index contributed by atoms with van der Waals surface area (Å²) in [7, 11) is 1.55. The van der Waals surface area contributed by atoms with E-state index in [0.29, 0.717) is 5.88 Å². The van der Waals surface area contributed by atoms with E-state index in [4.69, 9.17) is 10.5 Å². The molecule has 0 aliphatic carbocycles. The van der Waals surface area contributed by atoms with Gasteiger partial charge in [-0.1, -0.05) is 6.07 Å². The maximum Gasteiger partial charge on any atom is 0.212 e. The highest BCUT2D eigenvalue weighted by Gasteiger charge is 2.03. The Labute approximate surface area is 92.7 Å². The molecule has 0 bridgehead atoms. The molecule has 2 N–H and O–H groups in total. The first kappa shape index (κ1) is 10.4. The number of nitrogens with two attached hydrogens (primary N) is 1. The summed E-state index contributed by atoms with van der Waals surface area (Å²) in [4.78, 5) is 4.05. The van der Waals surface area contributed by atoms with Crippen LogP contribution in [0, 0.1) is 5.82 Å². The molecule has 0 aliphatic heterocycles. The lowest BCUT2D eigenvalue weighted by atomic mass is 10.1. The number of hydrogen-bond acceptors (Lipinski definition) is 3. The van der Waals surface area contributed by atoms with E-state index in [1.165, 1.54) is 12.1 Å². The van der Waals surface area contributed by atoms with Gasteiger partial charge in [0.2, 0.25) is 5.88 Å². The van der Waals surface area contributed by atoms with E-state index in [0.717, 1.165) is 11.1 Å². The van der Waals surface area contributed by atoms with Crippen LogP contribution in [0.4, 0.5) is 10.1 Å². The lowest BCUT2D eigenvalue weighted by Gasteiger charge is -2.04. The van der Waals surface area contributed by atoms with Gasteiger partial charge in [0.05, 0.1) is 12.8 Å². The van der Waals surface area contributed by atoms with Gasteiger partial charge in [0.25, 0.3) is 0 Å². The van der Waals surface area contributed by atoms with Crippen LogP contribution in [0.3, 0.4) is 0 Å². The zero-order chi connectivity index (χ0) is 11.5. The van der Waals surface area contributed by atoms with Crippen LogP contribution in [-0.4, -0.2) is 12.1 Å². The van der Waals surface area contributed by atoms with Gasteiger partial charge >= 0.3 is 0 Å². The number of methoxy groups -OCH3 is 1. The molecule has 2 aromatic rings. The number of nitrogens with zero attached hydrogens (tertiary/aromatic N) is 1. The fourth-order valence-electron chi connectivity index (χ4n) is 1.38. The Morgan fingerprint density at radius 3 is 2.50 bits per heavy atom. The monoisotopic (exact) mass is 218 g/mol. The molecule has 16 heavy (non-hydrogen) atoms. The normalized spacial score (nSPS) is 10.1. The van der Waals surface area contributed by atoms with E-state index in [-0.39, 0.29) is 5.69 Å². The minimum Gasteiger partial charge on any atom is -0.481 e. The Balaban J connectivity index is 2.38. The van der Waals surface area contributed by atoms with Crippen molar-refractivity contribution < 1.29 is 9.13 Å². The zero-order valence-corrected chi connectivity index (χ0v) is 8.77. The van der Waals surface area contributed by atoms with Gasteiger partial charge in [-0.2, -0.15) is 0 Å². The fraction of sp³-hybridized carbons (Fsp3) is 0.0833. The number of ether oxygens (including phenoxy) is 1. The Hall–Kier alpha value is -2.10.